The lowest BCUT2D eigenvalue weighted by Crippen LogP contribution is -2.30. The van der Waals surface area contributed by atoms with Gasteiger partial charge in [-0.25, -0.2) is 10.2 Å². The second-order valence-corrected chi connectivity index (χ2v) is 5.10. The van der Waals surface area contributed by atoms with Crippen LogP contribution in [0.2, 0.25) is 0 Å². The standard InChI is InChI=1S/C13H11BrF2N2O3/c1-6-2-8(21-12(6)13(19)18-17)5-20-10-4-7(14)3-9(15)11(10)16/h2-4H,5,17H2,1H3,(H,18,19). The highest BCUT2D eigenvalue weighted by molar-refractivity contribution is 9.10. The molecule has 0 saturated carbocycles. The molecule has 2 aromatic rings. The SMILES string of the molecule is Cc1cc(COc2cc(Br)cc(F)c2F)oc1C(=O)NN. The molecule has 0 unspecified atom stereocenters. The number of ether oxygens (including phenoxy) is 1. The monoisotopic (exact) mass is 360 g/mol. The fourth-order valence-electron chi connectivity index (χ4n) is 1.70. The first-order valence-electron chi connectivity index (χ1n) is 5.80. The highest BCUT2D eigenvalue weighted by atomic mass is 79.9. The van der Waals surface area contributed by atoms with Crippen LogP contribution in [0, 0.1) is 18.6 Å². The Morgan fingerprint density at radius 2 is 2.14 bits per heavy atom. The van der Waals surface area contributed by atoms with Crippen LogP contribution < -0.4 is 16.0 Å². The molecule has 0 bridgehead atoms. The van der Waals surface area contributed by atoms with Crippen LogP contribution >= 0.6 is 15.9 Å². The van der Waals surface area contributed by atoms with Crippen molar-refractivity contribution in [2.24, 2.45) is 5.84 Å². The lowest BCUT2D eigenvalue weighted by molar-refractivity contribution is 0.0921. The van der Waals surface area contributed by atoms with E-state index in [2.05, 4.69) is 15.9 Å². The van der Waals surface area contributed by atoms with Crippen molar-refractivity contribution in [1.82, 2.24) is 5.43 Å². The Labute approximate surface area is 127 Å². The summed E-state index contributed by atoms with van der Waals surface area (Å²) in [6.45, 7) is 1.49. The lowest BCUT2D eigenvalue weighted by atomic mass is 10.2. The van der Waals surface area contributed by atoms with E-state index < -0.39 is 17.5 Å². The molecule has 0 atom stereocenters. The van der Waals surface area contributed by atoms with Crippen LogP contribution in [0.15, 0.2) is 27.1 Å². The summed E-state index contributed by atoms with van der Waals surface area (Å²) in [5.41, 5.74) is 2.50. The molecule has 3 N–H and O–H groups in total. The summed E-state index contributed by atoms with van der Waals surface area (Å²) in [5, 5.41) is 0. The molecule has 0 aliphatic heterocycles. The number of benzene rings is 1. The number of halogens is 3. The van der Waals surface area contributed by atoms with E-state index in [1.807, 2.05) is 5.43 Å². The summed E-state index contributed by atoms with van der Waals surface area (Å²) in [6, 6.07) is 3.83. The molecule has 0 fully saturated rings. The van der Waals surface area contributed by atoms with Crippen molar-refractivity contribution in [3.05, 3.63) is 51.4 Å². The molecule has 0 radical (unpaired) electrons. The van der Waals surface area contributed by atoms with Gasteiger partial charge >= 0.3 is 5.91 Å². The summed E-state index contributed by atoms with van der Waals surface area (Å²) in [6.07, 6.45) is 0. The van der Waals surface area contributed by atoms with Gasteiger partial charge in [0, 0.05) is 10.0 Å². The van der Waals surface area contributed by atoms with E-state index in [-0.39, 0.29) is 23.9 Å². The van der Waals surface area contributed by atoms with Gasteiger partial charge in [-0.3, -0.25) is 10.2 Å². The smallest absolute Gasteiger partial charge is 0.301 e. The number of amides is 1. The number of hydrogen-bond donors (Lipinski definition) is 2. The van der Waals surface area contributed by atoms with Crippen LogP contribution in [0.5, 0.6) is 5.75 Å². The molecule has 5 nitrogen and oxygen atoms in total. The topological polar surface area (TPSA) is 77.5 Å². The van der Waals surface area contributed by atoms with Crippen molar-refractivity contribution >= 4 is 21.8 Å². The van der Waals surface area contributed by atoms with Crippen LogP contribution in [0.25, 0.3) is 0 Å². The number of nitrogen functional groups attached to an aromatic ring is 1. The van der Waals surface area contributed by atoms with E-state index >= 15 is 0 Å². The number of carbonyl (C=O) groups is 1. The number of rotatable bonds is 4. The van der Waals surface area contributed by atoms with E-state index in [1.165, 1.54) is 6.07 Å². The fraction of sp³-hybridized carbons (Fsp3) is 0.154. The molecule has 1 aromatic heterocycles. The molecule has 1 amide bonds. The summed E-state index contributed by atoms with van der Waals surface area (Å²) in [7, 11) is 0. The Hall–Kier alpha value is -1.93. The lowest BCUT2D eigenvalue weighted by Gasteiger charge is -2.06. The Balaban J connectivity index is 2.16. The van der Waals surface area contributed by atoms with Gasteiger partial charge in [-0.2, -0.15) is 4.39 Å². The molecule has 0 aliphatic carbocycles. The minimum absolute atomic E-state index is 0.0389. The molecule has 0 spiro atoms. The Morgan fingerprint density at radius 1 is 1.43 bits per heavy atom. The van der Waals surface area contributed by atoms with E-state index in [0.29, 0.717) is 10.0 Å². The molecule has 2 rings (SSSR count). The number of carbonyl (C=O) groups excluding carboxylic acids is 1. The number of aryl methyl sites for hydroxylation is 1. The van der Waals surface area contributed by atoms with E-state index in [1.54, 1.807) is 13.0 Å². The van der Waals surface area contributed by atoms with E-state index in [0.717, 1.165) is 6.07 Å². The van der Waals surface area contributed by atoms with Gasteiger partial charge in [0.2, 0.25) is 5.82 Å². The Bertz CT molecular complexity index is 688. The quantitative estimate of drug-likeness (QED) is 0.380. The first-order valence-corrected chi connectivity index (χ1v) is 6.59. The summed E-state index contributed by atoms with van der Waals surface area (Å²) in [4.78, 5) is 11.4. The zero-order valence-corrected chi connectivity index (χ0v) is 12.5. The number of hydrogen-bond acceptors (Lipinski definition) is 4. The maximum atomic E-state index is 13.5. The van der Waals surface area contributed by atoms with Gasteiger partial charge in [0.25, 0.3) is 0 Å². The van der Waals surface area contributed by atoms with Gasteiger partial charge in [-0.05, 0) is 25.1 Å². The van der Waals surface area contributed by atoms with Crippen LogP contribution in [0.1, 0.15) is 21.9 Å². The number of furan rings is 1. The molecule has 21 heavy (non-hydrogen) atoms. The summed E-state index contributed by atoms with van der Waals surface area (Å²) in [5.74, 6) is 2.36. The van der Waals surface area contributed by atoms with Crippen molar-refractivity contribution in [3.63, 3.8) is 0 Å². The maximum absolute atomic E-state index is 13.5. The largest absolute Gasteiger partial charge is 0.482 e. The van der Waals surface area contributed by atoms with Crippen LogP contribution in [0.4, 0.5) is 8.78 Å². The van der Waals surface area contributed by atoms with Gasteiger partial charge in [0.1, 0.15) is 12.4 Å². The molecular formula is C13H11BrF2N2O3. The first kappa shape index (κ1) is 15.5. The predicted molar refractivity (Wildman–Crippen MR) is 73.5 cm³/mol. The normalized spacial score (nSPS) is 10.5. The first-order chi connectivity index (χ1) is 9.92. The zero-order valence-electron chi connectivity index (χ0n) is 10.9. The molecule has 0 saturated heterocycles. The van der Waals surface area contributed by atoms with Crippen LogP contribution in [-0.2, 0) is 6.61 Å². The van der Waals surface area contributed by atoms with E-state index in [4.69, 9.17) is 15.0 Å². The second-order valence-electron chi connectivity index (χ2n) is 4.19. The highest BCUT2D eigenvalue weighted by Crippen LogP contribution is 2.26. The van der Waals surface area contributed by atoms with E-state index in [9.17, 15) is 13.6 Å². The Morgan fingerprint density at radius 3 is 2.81 bits per heavy atom. The molecule has 112 valence electrons. The summed E-state index contributed by atoms with van der Waals surface area (Å²) >= 11 is 3.04. The van der Waals surface area contributed by atoms with Gasteiger partial charge in [0.05, 0.1) is 0 Å². The average molecular weight is 361 g/mol. The molecule has 8 heteroatoms. The van der Waals surface area contributed by atoms with Crippen molar-refractivity contribution in [1.29, 1.82) is 0 Å². The highest BCUT2D eigenvalue weighted by Gasteiger charge is 2.16. The van der Waals surface area contributed by atoms with Crippen molar-refractivity contribution in [2.75, 3.05) is 0 Å². The third kappa shape index (κ3) is 3.40. The third-order valence-electron chi connectivity index (χ3n) is 2.64. The minimum Gasteiger partial charge on any atom is -0.482 e. The third-order valence-corrected chi connectivity index (χ3v) is 3.09. The van der Waals surface area contributed by atoms with Gasteiger partial charge in [0.15, 0.2) is 17.3 Å². The van der Waals surface area contributed by atoms with Gasteiger partial charge in [-0.1, -0.05) is 15.9 Å². The van der Waals surface area contributed by atoms with Crippen LogP contribution in [-0.4, -0.2) is 5.91 Å². The molecular weight excluding hydrogens is 350 g/mol. The average Bonchev–Trinajstić information content (AvgIpc) is 2.81. The van der Waals surface area contributed by atoms with Crippen molar-refractivity contribution in [3.8, 4) is 5.75 Å². The predicted octanol–water partition coefficient (Wildman–Crippen LogP) is 2.81. The maximum Gasteiger partial charge on any atom is 0.301 e. The van der Waals surface area contributed by atoms with Gasteiger partial charge < -0.3 is 9.15 Å². The summed E-state index contributed by atoms with van der Waals surface area (Å²) < 4.78 is 37.5. The Kier molecular flexibility index (Phi) is 4.59. The minimum atomic E-state index is -1.10. The van der Waals surface area contributed by atoms with Crippen LogP contribution in [0.3, 0.4) is 0 Å². The van der Waals surface area contributed by atoms with Crippen molar-refractivity contribution < 1.29 is 22.7 Å². The van der Waals surface area contributed by atoms with Gasteiger partial charge in [-0.15, -0.1) is 0 Å². The zero-order chi connectivity index (χ0) is 15.6. The number of nitrogens with two attached hydrogens (primary N) is 1. The number of nitrogens with one attached hydrogen (secondary N) is 1. The molecule has 1 heterocycles. The second kappa shape index (κ2) is 6.23. The fourth-order valence-corrected chi connectivity index (χ4v) is 2.11. The molecule has 1 aromatic carbocycles. The molecule has 0 aliphatic rings. The van der Waals surface area contributed by atoms with Crippen molar-refractivity contribution in [2.45, 2.75) is 13.5 Å². The number of hydrazine groups is 1.